The molecular formula is C19H19N3O6S. The number of nitro groups is 1. The van der Waals surface area contributed by atoms with E-state index in [9.17, 15) is 14.9 Å². The average molecular weight is 417 g/mol. The van der Waals surface area contributed by atoms with Crippen molar-refractivity contribution in [2.75, 3.05) is 27.9 Å². The van der Waals surface area contributed by atoms with Gasteiger partial charge in [0.1, 0.15) is 5.56 Å². The van der Waals surface area contributed by atoms with Gasteiger partial charge < -0.3 is 18.8 Å². The smallest absolute Gasteiger partial charge is 0.286 e. The van der Waals surface area contributed by atoms with Gasteiger partial charge in [-0.1, -0.05) is 23.5 Å². The van der Waals surface area contributed by atoms with Crippen molar-refractivity contribution in [3.8, 4) is 11.5 Å². The molecule has 10 heteroatoms. The predicted octanol–water partition coefficient (Wildman–Crippen LogP) is 3.02. The molecule has 0 radical (unpaired) electrons. The maximum atomic E-state index is 12.7. The summed E-state index contributed by atoms with van der Waals surface area (Å²) in [6, 6.07) is 9.34. The standard InChI is InChI=1S/C19H19N3O6S/c1-26-9-8-21-14-10-15(27-2)16(28-3)11-17(14)29-19(21)20-18(23)12-6-4-5-7-13(12)22(24)25/h4-7,10-11H,8-9H2,1-3H3. The van der Waals surface area contributed by atoms with Gasteiger partial charge in [-0.3, -0.25) is 14.9 Å². The van der Waals surface area contributed by atoms with E-state index in [1.54, 1.807) is 39.5 Å². The number of nitrogens with zero attached hydrogens (tertiary/aromatic N) is 3. The van der Waals surface area contributed by atoms with Gasteiger partial charge in [0.25, 0.3) is 11.6 Å². The van der Waals surface area contributed by atoms with Gasteiger partial charge in [-0.05, 0) is 6.07 Å². The first-order chi connectivity index (χ1) is 14.0. The van der Waals surface area contributed by atoms with Gasteiger partial charge >= 0.3 is 0 Å². The summed E-state index contributed by atoms with van der Waals surface area (Å²) in [6.45, 7) is 0.835. The molecule has 0 atom stereocenters. The highest BCUT2D eigenvalue weighted by atomic mass is 32.1. The van der Waals surface area contributed by atoms with Crippen molar-refractivity contribution in [2.24, 2.45) is 4.99 Å². The minimum Gasteiger partial charge on any atom is -0.493 e. The number of para-hydroxylation sites is 1. The zero-order valence-electron chi connectivity index (χ0n) is 16.1. The van der Waals surface area contributed by atoms with Crippen LogP contribution in [0.1, 0.15) is 10.4 Å². The van der Waals surface area contributed by atoms with Crippen molar-refractivity contribution in [1.29, 1.82) is 0 Å². The van der Waals surface area contributed by atoms with Crippen LogP contribution in [-0.4, -0.2) is 43.3 Å². The van der Waals surface area contributed by atoms with E-state index in [0.717, 1.165) is 10.2 Å². The van der Waals surface area contributed by atoms with E-state index in [0.29, 0.717) is 29.5 Å². The molecule has 0 bridgehead atoms. The molecule has 9 nitrogen and oxygen atoms in total. The van der Waals surface area contributed by atoms with Gasteiger partial charge in [-0.25, -0.2) is 0 Å². The number of nitro benzene ring substituents is 1. The summed E-state index contributed by atoms with van der Waals surface area (Å²) >= 11 is 1.27. The zero-order chi connectivity index (χ0) is 21.0. The number of fused-ring (bicyclic) bond motifs is 1. The third-order valence-corrected chi connectivity index (χ3v) is 5.28. The van der Waals surface area contributed by atoms with Crippen molar-refractivity contribution < 1.29 is 23.9 Å². The molecular weight excluding hydrogens is 398 g/mol. The molecule has 152 valence electrons. The van der Waals surface area contributed by atoms with Crippen LogP contribution in [0.25, 0.3) is 10.2 Å². The Hall–Kier alpha value is -3.24. The number of carbonyl (C=O) groups is 1. The number of carbonyl (C=O) groups excluding carboxylic acids is 1. The molecule has 3 aromatic rings. The number of benzene rings is 2. The number of ether oxygens (including phenoxy) is 3. The van der Waals surface area contributed by atoms with Crippen molar-refractivity contribution in [3.63, 3.8) is 0 Å². The third-order valence-electron chi connectivity index (χ3n) is 4.24. The summed E-state index contributed by atoms with van der Waals surface area (Å²) in [4.78, 5) is 27.9. The molecule has 0 unspecified atom stereocenters. The maximum Gasteiger partial charge on any atom is 0.286 e. The predicted molar refractivity (Wildman–Crippen MR) is 108 cm³/mol. The summed E-state index contributed by atoms with van der Waals surface area (Å²) < 4.78 is 18.5. The Balaban J connectivity index is 2.19. The van der Waals surface area contributed by atoms with Crippen LogP contribution in [0.4, 0.5) is 5.69 Å². The van der Waals surface area contributed by atoms with Crippen LogP contribution in [0.5, 0.6) is 11.5 Å². The largest absolute Gasteiger partial charge is 0.493 e. The van der Waals surface area contributed by atoms with Gasteiger partial charge in [0.05, 0.1) is 36.0 Å². The Kier molecular flexibility index (Phi) is 6.25. The molecule has 0 saturated carbocycles. The van der Waals surface area contributed by atoms with Crippen LogP contribution in [0.15, 0.2) is 41.4 Å². The highest BCUT2D eigenvalue weighted by Crippen LogP contribution is 2.33. The quantitative estimate of drug-likeness (QED) is 0.432. The Morgan fingerprint density at radius 3 is 2.52 bits per heavy atom. The monoisotopic (exact) mass is 417 g/mol. The van der Waals surface area contributed by atoms with Gasteiger partial charge in [0.15, 0.2) is 16.3 Å². The van der Waals surface area contributed by atoms with E-state index in [1.807, 2.05) is 4.57 Å². The molecule has 0 aliphatic rings. The number of aromatic nitrogens is 1. The van der Waals surface area contributed by atoms with E-state index in [-0.39, 0.29) is 11.3 Å². The molecule has 3 rings (SSSR count). The molecule has 0 aliphatic heterocycles. The second kappa shape index (κ2) is 8.84. The zero-order valence-corrected chi connectivity index (χ0v) is 16.9. The Bertz CT molecular complexity index is 1130. The van der Waals surface area contributed by atoms with E-state index >= 15 is 0 Å². The second-order valence-electron chi connectivity index (χ2n) is 5.90. The molecule has 0 aliphatic carbocycles. The lowest BCUT2D eigenvalue weighted by molar-refractivity contribution is -0.385. The average Bonchev–Trinajstić information content (AvgIpc) is 3.06. The minimum absolute atomic E-state index is 0.0663. The topological polar surface area (TPSA) is 105 Å². The van der Waals surface area contributed by atoms with Crippen molar-refractivity contribution in [1.82, 2.24) is 4.57 Å². The first-order valence-corrected chi connectivity index (χ1v) is 9.38. The fourth-order valence-corrected chi connectivity index (χ4v) is 3.91. The van der Waals surface area contributed by atoms with Crippen molar-refractivity contribution >= 4 is 33.1 Å². The van der Waals surface area contributed by atoms with Gasteiger partial charge in [-0.2, -0.15) is 4.99 Å². The van der Waals surface area contributed by atoms with Crippen LogP contribution in [-0.2, 0) is 11.3 Å². The molecule has 2 aromatic carbocycles. The second-order valence-corrected chi connectivity index (χ2v) is 6.90. The lowest BCUT2D eigenvalue weighted by atomic mass is 10.2. The number of thiazole rings is 1. The van der Waals surface area contributed by atoms with Crippen LogP contribution in [0.2, 0.25) is 0 Å². The first kappa shape index (κ1) is 20.5. The van der Waals surface area contributed by atoms with E-state index < -0.39 is 10.8 Å². The molecule has 0 fully saturated rings. The number of hydrogen-bond acceptors (Lipinski definition) is 7. The van der Waals surface area contributed by atoms with Crippen LogP contribution in [0, 0.1) is 10.1 Å². The maximum absolute atomic E-state index is 12.7. The highest BCUT2D eigenvalue weighted by Gasteiger charge is 2.20. The fourth-order valence-electron chi connectivity index (χ4n) is 2.84. The van der Waals surface area contributed by atoms with Crippen molar-refractivity contribution in [2.45, 2.75) is 6.54 Å². The van der Waals surface area contributed by atoms with Crippen LogP contribution in [0.3, 0.4) is 0 Å². The molecule has 0 N–H and O–H groups in total. The molecule has 1 aromatic heterocycles. The van der Waals surface area contributed by atoms with Crippen LogP contribution < -0.4 is 14.3 Å². The summed E-state index contributed by atoms with van der Waals surface area (Å²) in [6.07, 6.45) is 0. The van der Waals surface area contributed by atoms with Crippen molar-refractivity contribution in [3.05, 3.63) is 56.9 Å². The summed E-state index contributed by atoms with van der Waals surface area (Å²) in [7, 11) is 4.66. The highest BCUT2D eigenvalue weighted by molar-refractivity contribution is 7.16. The Labute approximate surface area is 169 Å². The van der Waals surface area contributed by atoms with Gasteiger partial charge in [0.2, 0.25) is 0 Å². The van der Waals surface area contributed by atoms with Crippen LogP contribution >= 0.6 is 11.3 Å². The number of hydrogen-bond donors (Lipinski definition) is 0. The lowest BCUT2D eigenvalue weighted by Gasteiger charge is -2.09. The van der Waals surface area contributed by atoms with Gasteiger partial charge in [-0.15, -0.1) is 0 Å². The minimum atomic E-state index is -0.686. The molecule has 0 saturated heterocycles. The van der Waals surface area contributed by atoms with E-state index in [4.69, 9.17) is 14.2 Å². The van der Waals surface area contributed by atoms with E-state index in [1.165, 1.54) is 29.5 Å². The summed E-state index contributed by atoms with van der Waals surface area (Å²) in [5, 5.41) is 11.2. The van der Waals surface area contributed by atoms with E-state index in [2.05, 4.69) is 4.99 Å². The number of methoxy groups -OCH3 is 3. The molecule has 0 spiro atoms. The number of amides is 1. The van der Waals surface area contributed by atoms with Gasteiger partial charge in [0, 0.05) is 31.9 Å². The molecule has 1 amide bonds. The SMILES string of the molecule is COCCn1c(=NC(=O)c2ccccc2[N+](=O)[O-])sc2cc(OC)c(OC)cc21. The Morgan fingerprint density at radius 1 is 1.17 bits per heavy atom. The molecule has 1 heterocycles. The number of rotatable bonds is 7. The lowest BCUT2D eigenvalue weighted by Crippen LogP contribution is -2.19. The fraction of sp³-hybridized carbons (Fsp3) is 0.263. The third kappa shape index (κ3) is 4.13. The first-order valence-electron chi connectivity index (χ1n) is 8.57. The Morgan fingerprint density at radius 2 is 1.86 bits per heavy atom. The normalized spacial score (nSPS) is 11.6. The summed E-state index contributed by atoms with van der Waals surface area (Å²) in [5.41, 5.74) is 0.441. The molecule has 29 heavy (non-hydrogen) atoms. The summed E-state index contributed by atoms with van der Waals surface area (Å²) in [5.74, 6) is 0.409.